The first kappa shape index (κ1) is 20.8. The molecule has 7 nitrogen and oxygen atoms in total. The fraction of sp³-hybridized carbons (Fsp3) is 0.600. The zero-order valence-corrected chi connectivity index (χ0v) is 17.4. The Morgan fingerprint density at radius 3 is 2.29 bits per heavy atom. The minimum absolute atomic E-state index is 0.0224. The number of carbonyl (C=O) groups excluding carboxylic acids is 2. The summed E-state index contributed by atoms with van der Waals surface area (Å²) in [4.78, 5) is 26.3. The molecular weight excluding hydrogens is 378 g/mol. The van der Waals surface area contributed by atoms with Crippen molar-refractivity contribution < 1.29 is 18.0 Å². The number of piperidine rings is 2. The Bertz CT molecular complexity index is 860. The third-order valence-corrected chi connectivity index (χ3v) is 7.95. The second-order valence-corrected chi connectivity index (χ2v) is 9.89. The van der Waals surface area contributed by atoms with Gasteiger partial charge in [-0.3, -0.25) is 9.59 Å². The minimum Gasteiger partial charge on any atom is -0.369 e. The molecule has 1 aromatic rings. The Kier molecular flexibility index (Phi) is 6.09. The van der Waals surface area contributed by atoms with E-state index in [9.17, 15) is 18.0 Å². The molecule has 2 aliphatic heterocycles. The molecule has 0 unspecified atom stereocenters. The van der Waals surface area contributed by atoms with Gasteiger partial charge in [0.25, 0.3) is 0 Å². The van der Waals surface area contributed by atoms with E-state index in [4.69, 9.17) is 5.73 Å². The monoisotopic (exact) mass is 407 g/mol. The van der Waals surface area contributed by atoms with E-state index in [1.54, 1.807) is 17.0 Å². The van der Waals surface area contributed by atoms with Gasteiger partial charge >= 0.3 is 0 Å². The molecule has 2 saturated heterocycles. The summed E-state index contributed by atoms with van der Waals surface area (Å²) in [5.41, 5.74) is 7.40. The van der Waals surface area contributed by atoms with Crippen LogP contribution in [0.1, 0.15) is 36.8 Å². The molecule has 2 N–H and O–H groups in total. The summed E-state index contributed by atoms with van der Waals surface area (Å²) in [6, 6.07) is 5.18. The first-order valence-electron chi connectivity index (χ1n) is 9.85. The quantitative estimate of drug-likeness (QED) is 0.816. The molecule has 0 bridgehead atoms. The average molecular weight is 408 g/mol. The van der Waals surface area contributed by atoms with Crippen LogP contribution in [-0.2, 0) is 19.6 Å². The highest BCUT2D eigenvalue weighted by Gasteiger charge is 2.35. The lowest BCUT2D eigenvalue weighted by atomic mass is 9.92. The molecule has 0 saturated carbocycles. The highest BCUT2D eigenvalue weighted by Crippen LogP contribution is 2.27. The standard InChI is InChI=1S/C20H29N3O4S/c1-14-5-6-18(12-15(14)2)28(26,27)23-10-7-16(8-11-23)20(25)22-9-3-4-17(13-22)19(21)24/h5-6,12,16-17H,3-4,7-11,13H2,1-2H3,(H2,21,24)/t17-/m0/s1. The number of primary amides is 1. The molecule has 154 valence electrons. The zero-order chi connectivity index (χ0) is 20.5. The molecule has 2 fully saturated rings. The van der Waals surface area contributed by atoms with Crippen molar-refractivity contribution in [3.05, 3.63) is 29.3 Å². The number of benzene rings is 1. The normalized spacial score (nSPS) is 22.2. The summed E-state index contributed by atoms with van der Waals surface area (Å²) in [5.74, 6) is -0.804. The van der Waals surface area contributed by atoms with Crippen LogP contribution in [0.2, 0.25) is 0 Å². The van der Waals surface area contributed by atoms with Crippen LogP contribution >= 0.6 is 0 Å². The topological polar surface area (TPSA) is 101 Å². The SMILES string of the molecule is Cc1ccc(S(=O)(=O)N2CCC(C(=O)N3CCC[C@H](C(N)=O)C3)CC2)cc1C. The first-order chi connectivity index (χ1) is 13.2. The van der Waals surface area contributed by atoms with Gasteiger partial charge < -0.3 is 10.6 Å². The molecule has 3 rings (SSSR count). The van der Waals surface area contributed by atoms with Gasteiger partial charge in [0, 0.05) is 32.1 Å². The van der Waals surface area contributed by atoms with E-state index in [-0.39, 0.29) is 23.7 Å². The van der Waals surface area contributed by atoms with E-state index >= 15 is 0 Å². The number of aryl methyl sites for hydroxylation is 2. The van der Waals surface area contributed by atoms with Crippen molar-refractivity contribution in [3.8, 4) is 0 Å². The largest absolute Gasteiger partial charge is 0.369 e. The molecular formula is C20H29N3O4S. The van der Waals surface area contributed by atoms with E-state index < -0.39 is 10.0 Å². The maximum atomic E-state index is 12.9. The van der Waals surface area contributed by atoms with Gasteiger partial charge in [0.15, 0.2) is 0 Å². The highest BCUT2D eigenvalue weighted by molar-refractivity contribution is 7.89. The van der Waals surface area contributed by atoms with Gasteiger partial charge in [0.05, 0.1) is 10.8 Å². The van der Waals surface area contributed by atoms with Gasteiger partial charge in [0.1, 0.15) is 0 Å². The van der Waals surface area contributed by atoms with Crippen molar-refractivity contribution in [3.63, 3.8) is 0 Å². The van der Waals surface area contributed by atoms with Crippen LogP contribution in [0.5, 0.6) is 0 Å². The molecule has 28 heavy (non-hydrogen) atoms. The molecule has 2 amide bonds. The smallest absolute Gasteiger partial charge is 0.243 e. The highest BCUT2D eigenvalue weighted by atomic mass is 32.2. The predicted molar refractivity (Wildman–Crippen MR) is 106 cm³/mol. The number of amides is 2. The third kappa shape index (κ3) is 4.22. The van der Waals surface area contributed by atoms with Crippen LogP contribution < -0.4 is 5.73 Å². The lowest BCUT2D eigenvalue weighted by Gasteiger charge is -2.36. The summed E-state index contributed by atoms with van der Waals surface area (Å²) in [5, 5.41) is 0. The Morgan fingerprint density at radius 1 is 1.00 bits per heavy atom. The summed E-state index contributed by atoms with van der Waals surface area (Å²) in [6.07, 6.45) is 2.51. The van der Waals surface area contributed by atoms with E-state index in [0.29, 0.717) is 43.9 Å². The number of hydrogen-bond acceptors (Lipinski definition) is 4. The van der Waals surface area contributed by atoms with Gasteiger partial charge in [-0.05, 0) is 62.8 Å². The molecule has 2 heterocycles. The number of nitrogens with zero attached hydrogens (tertiary/aromatic N) is 2. The van der Waals surface area contributed by atoms with Gasteiger partial charge in [-0.1, -0.05) is 6.07 Å². The fourth-order valence-electron chi connectivity index (χ4n) is 4.03. The molecule has 8 heteroatoms. The van der Waals surface area contributed by atoms with Crippen LogP contribution in [0.25, 0.3) is 0 Å². The Hall–Kier alpha value is -1.93. The van der Waals surface area contributed by atoms with E-state index in [1.165, 1.54) is 4.31 Å². The predicted octanol–water partition coefficient (Wildman–Crippen LogP) is 1.43. The van der Waals surface area contributed by atoms with E-state index in [1.807, 2.05) is 19.9 Å². The van der Waals surface area contributed by atoms with Crippen LogP contribution in [-0.4, -0.2) is 55.6 Å². The summed E-state index contributed by atoms with van der Waals surface area (Å²) < 4.78 is 27.3. The lowest BCUT2D eigenvalue weighted by Crippen LogP contribution is -2.48. The van der Waals surface area contributed by atoms with Crippen LogP contribution in [0.15, 0.2) is 23.1 Å². The first-order valence-corrected chi connectivity index (χ1v) is 11.3. The maximum absolute atomic E-state index is 12.9. The molecule has 2 aliphatic rings. The van der Waals surface area contributed by atoms with Crippen LogP contribution in [0.4, 0.5) is 0 Å². The average Bonchev–Trinajstić information content (AvgIpc) is 2.69. The van der Waals surface area contributed by atoms with Crippen LogP contribution in [0, 0.1) is 25.7 Å². The van der Waals surface area contributed by atoms with Crippen LogP contribution in [0.3, 0.4) is 0 Å². The van der Waals surface area contributed by atoms with Gasteiger partial charge in [0.2, 0.25) is 21.8 Å². The molecule has 0 aromatic heterocycles. The number of carbonyl (C=O) groups is 2. The van der Waals surface area contributed by atoms with Crippen molar-refractivity contribution in [2.45, 2.75) is 44.4 Å². The molecule has 0 aliphatic carbocycles. The van der Waals surface area contributed by atoms with Crippen molar-refractivity contribution in [1.82, 2.24) is 9.21 Å². The third-order valence-electron chi connectivity index (χ3n) is 6.05. The van der Waals surface area contributed by atoms with Crippen molar-refractivity contribution >= 4 is 21.8 Å². The number of hydrogen-bond donors (Lipinski definition) is 1. The summed E-state index contributed by atoms with van der Waals surface area (Å²) in [6.45, 7) is 5.54. The van der Waals surface area contributed by atoms with E-state index in [2.05, 4.69) is 0 Å². The summed E-state index contributed by atoms with van der Waals surface area (Å²) >= 11 is 0. The molecule has 1 aromatic carbocycles. The van der Waals surface area contributed by atoms with Crippen molar-refractivity contribution in [2.24, 2.45) is 17.6 Å². The van der Waals surface area contributed by atoms with Crippen molar-refractivity contribution in [1.29, 1.82) is 0 Å². The second kappa shape index (κ2) is 8.21. The Morgan fingerprint density at radius 2 is 1.68 bits per heavy atom. The maximum Gasteiger partial charge on any atom is 0.243 e. The molecule has 1 atom stereocenters. The summed E-state index contributed by atoms with van der Waals surface area (Å²) in [7, 11) is -3.55. The molecule has 0 spiro atoms. The Labute approximate surface area is 166 Å². The van der Waals surface area contributed by atoms with E-state index in [0.717, 1.165) is 24.0 Å². The van der Waals surface area contributed by atoms with Crippen molar-refractivity contribution in [2.75, 3.05) is 26.2 Å². The zero-order valence-electron chi connectivity index (χ0n) is 16.6. The van der Waals surface area contributed by atoms with Gasteiger partial charge in [-0.25, -0.2) is 8.42 Å². The minimum atomic E-state index is -3.55. The number of likely N-dealkylation sites (tertiary alicyclic amines) is 1. The van der Waals surface area contributed by atoms with Gasteiger partial charge in [-0.2, -0.15) is 4.31 Å². The van der Waals surface area contributed by atoms with Gasteiger partial charge in [-0.15, -0.1) is 0 Å². The number of sulfonamides is 1. The molecule has 0 radical (unpaired) electrons. The second-order valence-electron chi connectivity index (χ2n) is 7.95. The Balaban J connectivity index is 1.63. The number of rotatable bonds is 4. The fourth-order valence-corrected chi connectivity index (χ4v) is 5.59. The number of nitrogens with two attached hydrogens (primary N) is 1. The lowest BCUT2D eigenvalue weighted by molar-refractivity contribution is -0.139.